The molecule has 1 aromatic carbocycles. The van der Waals surface area contributed by atoms with E-state index < -0.39 is 17.5 Å². The van der Waals surface area contributed by atoms with Crippen molar-refractivity contribution in [2.45, 2.75) is 12.5 Å². The minimum absolute atomic E-state index is 0.332. The number of amides is 3. The van der Waals surface area contributed by atoms with Gasteiger partial charge in [-0.1, -0.05) is 30.3 Å². The molecule has 0 saturated heterocycles. The third kappa shape index (κ3) is 2.06. The highest BCUT2D eigenvalue weighted by molar-refractivity contribution is 6.17. The van der Waals surface area contributed by atoms with Crippen molar-refractivity contribution in [3.05, 3.63) is 35.9 Å². The van der Waals surface area contributed by atoms with Crippen LogP contribution in [0.3, 0.4) is 0 Å². The summed E-state index contributed by atoms with van der Waals surface area (Å²) in [5.74, 6) is -0.482. The Morgan fingerprint density at radius 2 is 1.86 bits per heavy atom. The number of nitrogens with zero attached hydrogens (tertiary/aromatic N) is 4. The lowest BCUT2D eigenvalue weighted by atomic mass is 9.85. The SMILES string of the molecule is CC1=NN(C)C(=O)C1(c1ccccc1)N(O)C(=O)N(C)C. The zero-order valence-electron chi connectivity index (χ0n) is 12.4. The van der Waals surface area contributed by atoms with E-state index in [0.717, 1.165) is 5.01 Å². The van der Waals surface area contributed by atoms with Crippen LogP contribution in [0.5, 0.6) is 0 Å². The van der Waals surface area contributed by atoms with E-state index >= 15 is 0 Å². The molecular weight excluding hydrogens is 272 g/mol. The number of carbonyl (C=O) groups excluding carboxylic acids is 2. The van der Waals surface area contributed by atoms with Crippen molar-refractivity contribution in [3.8, 4) is 0 Å². The van der Waals surface area contributed by atoms with Crippen LogP contribution in [0.1, 0.15) is 12.5 Å². The zero-order chi connectivity index (χ0) is 15.8. The summed E-state index contributed by atoms with van der Waals surface area (Å²) in [5, 5.41) is 16.1. The fraction of sp³-hybridized carbons (Fsp3) is 0.357. The van der Waals surface area contributed by atoms with Crippen LogP contribution in [0.4, 0.5) is 4.79 Å². The van der Waals surface area contributed by atoms with Crippen LogP contribution in [0.25, 0.3) is 0 Å². The van der Waals surface area contributed by atoms with Crippen LogP contribution in [-0.2, 0) is 10.3 Å². The normalized spacial score (nSPS) is 21.3. The van der Waals surface area contributed by atoms with Crippen molar-refractivity contribution < 1.29 is 14.8 Å². The maximum atomic E-state index is 12.6. The third-order valence-corrected chi connectivity index (χ3v) is 3.50. The summed E-state index contributed by atoms with van der Waals surface area (Å²) in [6.45, 7) is 1.61. The molecule has 2 rings (SSSR count). The van der Waals surface area contributed by atoms with Gasteiger partial charge in [0.1, 0.15) is 0 Å². The standard InChI is InChI=1S/C14H18N4O3/c1-10-14(12(19)17(4)15-10,11-8-6-5-7-9-11)18(21)13(20)16(2)3/h5-9,21H,1-4H3. The first-order valence-corrected chi connectivity index (χ1v) is 6.43. The van der Waals surface area contributed by atoms with E-state index in [4.69, 9.17) is 0 Å². The van der Waals surface area contributed by atoms with Crippen molar-refractivity contribution in [1.29, 1.82) is 0 Å². The summed E-state index contributed by atoms with van der Waals surface area (Å²) in [5.41, 5.74) is -0.811. The molecule has 7 heteroatoms. The van der Waals surface area contributed by atoms with E-state index in [0.29, 0.717) is 16.3 Å². The van der Waals surface area contributed by atoms with Gasteiger partial charge in [0.25, 0.3) is 5.91 Å². The number of carbonyl (C=O) groups is 2. The molecule has 1 aliphatic heterocycles. The van der Waals surface area contributed by atoms with E-state index in [9.17, 15) is 14.8 Å². The lowest BCUT2D eigenvalue weighted by Crippen LogP contribution is -2.59. The van der Waals surface area contributed by atoms with E-state index in [1.165, 1.54) is 26.0 Å². The van der Waals surface area contributed by atoms with Crippen LogP contribution in [-0.4, -0.2) is 59.0 Å². The van der Waals surface area contributed by atoms with Crippen LogP contribution < -0.4 is 0 Å². The lowest BCUT2D eigenvalue weighted by Gasteiger charge is -2.36. The highest BCUT2D eigenvalue weighted by atomic mass is 16.5. The first-order valence-electron chi connectivity index (χ1n) is 6.43. The summed E-state index contributed by atoms with van der Waals surface area (Å²) in [6, 6.07) is 7.94. The fourth-order valence-corrected chi connectivity index (χ4v) is 2.44. The molecule has 0 saturated carbocycles. The second-order valence-corrected chi connectivity index (χ2v) is 5.08. The smallest absolute Gasteiger partial charge is 0.329 e. The average molecular weight is 290 g/mol. The first kappa shape index (κ1) is 15.0. The van der Waals surface area contributed by atoms with Crippen molar-refractivity contribution in [2.24, 2.45) is 5.10 Å². The van der Waals surface area contributed by atoms with Gasteiger partial charge < -0.3 is 4.90 Å². The molecule has 1 atom stereocenters. The highest BCUT2D eigenvalue weighted by Gasteiger charge is 2.56. The summed E-state index contributed by atoms with van der Waals surface area (Å²) < 4.78 is 0. The Kier molecular flexibility index (Phi) is 3.69. The molecule has 1 unspecified atom stereocenters. The lowest BCUT2D eigenvalue weighted by molar-refractivity contribution is -0.157. The number of hydrogen-bond acceptors (Lipinski definition) is 4. The number of likely N-dealkylation sites (N-methyl/N-ethyl adjacent to an activating group) is 1. The van der Waals surface area contributed by atoms with Gasteiger partial charge in [0.15, 0.2) is 0 Å². The second kappa shape index (κ2) is 5.17. The molecule has 0 radical (unpaired) electrons. The molecule has 0 aliphatic carbocycles. The number of hydroxylamine groups is 2. The molecular formula is C14H18N4O3. The van der Waals surface area contributed by atoms with Crippen molar-refractivity contribution in [1.82, 2.24) is 15.0 Å². The Labute approximate surface area is 123 Å². The van der Waals surface area contributed by atoms with Crippen molar-refractivity contribution in [2.75, 3.05) is 21.1 Å². The molecule has 112 valence electrons. The molecule has 1 aromatic rings. The number of urea groups is 1. The van der Waals surface area contributed by atoms with Crippen LogP contribution in [0.2, 0.25) is 0 Å². The molecule has 21 heavy (non-hydrogen) atoms. The van der Waals surface area contributed by atoms with Gasteiger partial charge in [0, 0.05) is 21.1 Å². The maximum Gasteiger partial charge on any atom is 0.344 e. The number of benzene rings is 1. The van der Waals surface area contributed by atoms with Gasteiger partial charge in [-0.15, -0.1) is 0 Å². The Morgan fingerprint density at radius 3 is 2.29 bits per heavy atom. The van der Waals surface area contributed by atoms with Crippen LogP contribution >= 0.6 is 0 Å². The molecule has 0 aromatic heterocycles. The minimum atomic E-state index is -1.63. The number of hydrogen-bond donors (Lipinski definition) is 1. The molecule has 1 N–H and O–H groups in total. The number of rotatable bonds is 2. The van der Waals surface area contributed by atoms with Crippen LogP contribution in [0, 0.1) is 0 Å². The van der Waals surface area contributed by atoms with E-state index in [-0.39, 0.29) is 0 Å². The van der Waals surface area contributed by atoms with Gasteiger partial charge in [-0.25, -0.2) is 9.80 Å². The summed E-state index contributed by atoms with van der Waals surface area (Å²) in [4.78, 5) is 26.0. The topological polar surface area (TPSA) is 76.5 Å². The van der Waals surface area contributed by atoms with Crippen molar-refractivity contribution in [3.63, 3.8) is 0 Å². The van der Waals surface area contributed by atoms with Crippen molar-refractivity contribution >= 4 is 17.6 Å². The van der Waals surface area contributed by atoms with Gasteiger partial charge in [-0.2, -0.15) is 10.2 Å². The summed E-state index contributed by atoms with van der Waals surface area (Å²) >= 11 is 0. The molecule has 7 nitrogen and oxygen atoms in total. The molecule has 0 bridgehead atoms. The Balaban J connectivity index is 2.65. The minimum Gasteiger partial charge on any atom is -0.329 e. The molecule has 0 spiro atoms. The second-order valence-electron chi connectivity index (χ2n) is 5.08. The Morgan fingerprint density at radius 1 is 1.29 bits per heavy atom. The zero-order valence-corrected chi connectivity index (χ0v) is 12.4. The quantitative estimate of drug-likeness (QED) is 0.654. The molecule has 0 fully saturated rings. The first-order chi connectivity index (χ1) is 9.83. The van der Waals surface area contributed by atoms with E-state index in [1.54, 1.807) is 37.3 Å². The van der Waals surface area contributed by atoms with Gasteiger partial charge in [-0.05, 0) is 12.5 Å². The predicted octanol–water partition coefficient (Wildman–Crippen LogP) is 1.10. The molecule has 3 amide bonds. The molecule has 1 aliphatic rings. The maximum absolute atomic E-state index is 12.6. The van der Waals surface area contributed by atoms with Gasteiger partial charge >= 0.3 is 6.03 Å². The predicted molar refractivity (Wildman–Crippen MR) is 76.7 cm³/mol. The van der Waals surface area contributed by atoms with Gasteiger partial charge in [0.05, 0.1) is 5.71 Å². The Bertz CT molecular complexity index is 599. The highest BCUT2D eigenvalue weighted by Crippen LogP contribution is 2.36. The van der Waals surface area contributed by atoms with E-state index in [2.05, 4.69) is 5.10 Å². The fourth-order valence-electron chi connectivity index (χ4n) is 2.44. The summed E-state index contributed by atoms with van der Waals surface area (Å²) in [7, 11) is 4.49. The van der Waals surface area contributed by atoms with Gasteiger partial charge in [0.2, 0.25) is 5.54 Å². The number of hydrazone groups is 1. The van der Waals surface area contributed by atoms with Crippen LogP contribution in [0.15, 0.2) is 35.4 Å². The Hall–Kier alpha value is -2.41. The summed E-state index contributed by atoms with van der Waals surface area (Å²) in [6.07, 6.45) is 0. The van der Waals surface area contributed by atoms with Gasteiger partial charge in [-0.3, -0.25) is 10.0 Å². The monoisotopic (exact) mass is 290 g/mol. The largest absolute Gasteiger partial charge is 0.344 e. The van der Waals surface area contributed by atoms with E-state index in [1.807, 2.05) is 0 Å². The molecule has 1 heterocycles. The third-order valence-electron chi connectivity index (χ3n) is 3.50. The average Bonchev–Trinajstić information content (AvgIpc) is 2.69.